The Morgan fingerprint density at radius 2 is 1.71 bits per heavy atom. The summed E-state index contributed by atoms with van der Waals surface area (Å²) in [5.74, 6) is 2.39. The van der Waals surface area contributed by atoms with Crippen molar-refractivity contribution < 1.29 is 9.47 Å². The van der Waals surface area contributed by atoms with Crippen LogP contribution >= 0.6 is 0 Å². The first-order valence-corrected chi connectivity index (χ1v) is 9.71. The third-order valence-electron chi connectivity index (χ3n) is 4.78. The highest BCUT2D eigenvalue weighted by atomic mass is 16.7. The van der Waals surface area contributed by atoms with Crippen LogP contribution in [-0.2, 0) is 13.1 Å². The van der Waals surface area contributed by atoms with Gasteiger partial charge in [-0.05, 0) is 42.3 Å². The second-order valence-corrected chi connectivity index (χ2v) is 6.78. The van der Waals surface area contributed by atoms with Crippen molar-refractivity contribution in [1.82, 2.24) is 10.6 Å². The van der Waals surface area contributed by atoms with E-state index in [1.807, 2.05) is 18.2 Å². The highest BCUT2D eigenvalue weighted by Gasteiger charge is 2.13. The van der Waals surface area contributed by atoms with Crippen LogP contribution in [0.15, 0.2) is 59.6 Å². The predicted molar refractivity (Wildman–Crippen MR) is 112 cm³/mol. The fourth-order valence-electron chi connectivity index (χ4n) is 3.25. The molecule has 2 aliphatic heterocycles. The van der Waals surface area contributed by atoms with Gasteiger partial charge in [-0.1, -0.05) is 30.4 Å². The zero-order chi connectivity index (χ0) is 19.2. The van der Waals surface area contributed by atoms with Crippen LogP contribution in [0.4, 0.5) is 5.69 Å². The maximum Gasteiger partial charge on any atom is 0.231 e. The SMILES string of the molecule is CCNC(=NCc1ccc2c(c1)OCO2)NCc1ccc(N2CC=CC2)cc1. The summed E-state index contributed by atoms with van der Waals surface area (Å²) in [7, 11) is 0. The molecule has 0 atom stereocenters. The van der Waals surface area contributed by atoms with Crippen LogP contribution in [-0.4, -0.2) is 32.4 Å². The second kappa shape index (κ2) is 8.69. The fraction of sp³-hybridized carbons (Fsp3) is 0.318. The van der Waals surface area contributed by atoms with E-state index in [2.05, 4.69) is 63.9 Å². The average molecular weight is 378 g/mol. The lowest BCUT2D eigenvalue weighted by atomic mass is 10.2. The smallest absolute Gasteiger partial charge is 0.231 e. The number of benzene rings is 2. The van der Waals surface area contributed by atoms with Gasteiger partial charge >= 0.3 is 0 Å². The molecule has 0 saturated heterocycles. The monoisotopic (exact) mass is 378 g/mol. The van der Waals surface area contributed by atoms with Crippen molar-refractivity contribution in [2.75, 3.05) is 31.3 Å². The van der Waals surface area contributed by atoms with E-state index in [9.17, 15) is 0 Å². The Labute approximate surface area is 165 Å². The molecule has 0 bridgehead atoms. The standard InChI is InChI=1S/C22H26N4O2/c1-2-23-22(25-15-18-7-10-20-21(13-18)28-16-27-20)24-14-17-5-8-19(9-6-17)26-11-3-4-12-26/h3-10,13H,2,11-12,14-16H2,1H3,(H2,23,24,25). The molecule has 28 heavy (non-hydrogen) atoms. The first-order chi connectivity index (χ1) is 13.8. The maximum atomic E-state index is 5.44. The quantitative estimate of drug-likeness (QED) is 0.460. The lowest BCUT2D eigenvalue weighted by Crippen LogP contribution is -2.36. The molecule has 0 fully saturated rings. The van der Waals surface area contributed by atoms with Gasteiger partial charge in [-0.25, -0.2) is 4.99 Å². The lowest BCUT2D eigenvalue weighted by Gasteiger charge is -2.18. The summed E-state index contributed by atoms with van der Waals surface area (Å²) in [5, 5.41) is 6.70. The number of nitrogens with one attached hydrogen (secondary N) is 2. The molecule has 4 rings (SSSR count). The highest BCUT2D eigenvalue weighted by Crippen LogP contribution is 2.32. The number of fused-ring (bicyclic) bond motifs is 1. The third kappa shape index (κ3) is 4.39. The lowest BCUT2D eigenvalue weighted by molar-refractivity contribution is 0.174. The van der Waals surface area contributed by atoms with Crippen LogP contribution in [0, 0.1) is 0 Å². The van der Waals surface area contributed by atoms with E-state index in [0.29, 0.717) is 13.3 Å². The molecule has 2 aromatic carbocycles. The van der Waals surface area contributed by atoms with E-state index in [4.69, 9.17) is 9.47 Å². The van der Waals surface area contributed by atoms with E-state index in [1.54, 1.807) is 0 Å². The van der Waals surface area contributed by atoms with Crippen molar-refractivity contribution in [1.29, 1.82) is 0 Å². The van der Waals surface area contributed by atoms with Crippen LogP contribution in [0.25, 0.3) is 0 Å². The molecule has 0 aliphatic carbocycles. The Bertz CT molecular complexity index is 853. The topological polar surface area (TPSA) is 58.1 Å². The Morgan fingerprint density at radius 1 is 0.964 bits per heavy atom. The maximum absolute atomic E-state index is 5.44. The van der Waals surface area contributed by atoms with Gasteiger partial charge in [-0.3, -0.25) is 0 Å². The number of hydrogen-bond donors (Lipinski definition) is 2. The molecule has 6 nitrogen and oxygen atoms in total. The van der Waals surface area contributed by atoms with Gasteiger partial charge in [0.15, 0.2) is 17.5 Å². The molecule has 0 aromatic heterocycles. The van der Waals surface area contributed by atoms with E-state index >= 15 is 0 Å². The molecule has 0 amide bonds. The molecular weight excluding hydrogens is 352 g/mol. The molecule has 2 aliphatic rings. The van der Waals surface area contributed by atoms with Gasteiger partial charge in [-0.15, -0.1) is 0 Å². The Balaban J connectivity index is 1.34. The highest BCUT2D eigenvalue weighted by molar-refractivity contribution is 5.79. The zero-order valence-corrected chi connectivity index (χ0v) is 16.1. The molecule has 2 heterocycles. The van der Waals surface area contributed by atoms with Gasteiger partial charge in [0.05, 0.1) is 6.54 Å². The summed E-state index contributed by atoms with van der Waals surface area (Å²) in [6.07, 6.45) is 4.41. The number of guanidine groups is 1. The van der Waals surface area contributed by atoms with Crippen molar-refractivity contribution in [3.05, 3.63) is 65.7 Å². The third-order valence-corrected chi connectivity index (χ3v) is 4.78. The van der Waals surface area contributed by atoms with Gasteiger partial charge in [0.2, 0.25) is 6.79 Å². The minimum Gasteiger partial charge on any atom is -0.454 e. The van der Waals surface area contributed by atoms with Crippen LogP contribution in [0.3, 0.4) is 0 Å². The number of nitrogens with zero attached hydrogens (tertiary/aromatic N) is 2. The van der Waals surface area contributed by atoms with E-state index < -0.39 is 0 Å². The van der Waals surface area contributed by atoms with Crippen LogP contribution in [0.1, 0.15) is 18.1 Å². The number of hydrogen-bond acceptors (Lipinski definition) is 4. The summed E-state index contributed by atoms with van der Waals surface area (Å²) in [4.78, 5) is 7.03. The van der Waals surface area contributed by atoms with Gasteiger partial charge in [0.1, 0.15) is 0 Å². The van der Waals surface area contributed by atoms with Gasteiger partial charge in [-0.2, -0.15) is 0 Å². The summed E-state index contributed by atoms with van der Waals surface area (Å²) < 4.78 is 10.8. The number of aliphatic imine (C=N–C) groups is 1. The predicted octanol–water partition coefficient (Wildman–Crippen LogP) is 3.05. The van der Waals surface area contributed by atoms with Crippen LogP contribution in [0.2, 0.25) is 0 Å². The molecule has 0 saturated carbocycles. The van der Waals surface area contributed by atoms with Gasteiger partial charge in [0, 0.05) is 31.9 Å². The molecule has 6 heteroatoms. The van der Waals surface area contributed by atoms with Crippen molar-refractivity contribution >= 4 is 11.6 Å². The number of ether oxygens (including phenoxy) is 2. The summed E-state index contributed by atoms with van der Waals surface area (Å²) in [6.45, 7) is 6.46. The van der Waals surface area contributed by atoms with Crippen LogP contribution < -0.4 is 25.0 Å². The van der Waals surface area contributed by atoms with Gasteiger partial charge < -0.3 is 25.0 Å². The summed E-state index contributed by atoms with van der Waals surface area (Å²) >= 11 is 0. The number of rotatable bonds is 6. The van der Waals surface area contributed by atoms with E-state index in [0.717, 1.165) is 49.2 Å². The van der Waals surface area contributed by atoms with E-state index in [-0.39, 0.29) is 0 Å². The molecule has 0 spiro atoms. The van der Waals surface area contributed by atoms with Crippen molar-refractivity contribution in [2.24, 2.45) is 4.99 Å². The van der Waals surface area contributed by atoms with Crippen molar-refractivity contribution in [3.63, 3.8) is 0 Å². The Morgan fingerprint density at radius 3 is 2.50 bits per heavy atom. The molecule has 0 radical (unpaired) electrons. The molecular formula is C22H26N4O2. The minimum atomic E-state index is 0.291. The Kier molecular flexibility index (Phi) is 5.66. The molecule has 2 aromatic rings. The summed E-state index contributed by atoms with van der Waals surface area (Å²) in [5.41, 5.74) is 3.58. The first kappa shape index (κ1) is 18.2. The van der Waals surface area contributed by atoms with E-state index in [1.165, 1.54) is 11.3 Å². The normalized spacial score (nSPS) is 15.2. The zero-order valence-electron chi connectivity index (χ0n) is 16.1. The summed E-state index contributed by atoms with van der Waals surface area (Å²) in [6, 6.07) is 14.6. The molecule has 146 valence electrons. The van der Waals surface area contributed by atoms with Crippen molar-refractivity contribution in [2.45, 2.75) is 20.0 Å². The number of anilines is 1. The largest absolute Gasteiger partial charge is 0.454 e. The minimum absolute atomic E-state index is 0.291. The molecule has 0 unspecified atom stereocenters. The Hall–Kier alpha value is -3.15. The average Bonchev–Trinajstić information content (AvgIpc) is 3.42. The first-order valence-electron chi connectivity index (χ1n) is 9.71. The van der Waals surface area contributed by atoms with Crippen molar-refractivity contribution in [3.8, 4) is 11.5 Å². The fourth-order valence-corrected chi connectivity index (χ4v) is 3.25. The molecule has 2 N–H and O–H groups in total. The second-order valence-electron chi connectivity index (χ2n) is 6.78. The van der Waals surface area contributed by atoms with Gasteiger partial charge in [0.25, 0.3) is 0 Å². The van der Waals surface area contributed by atoms with Crippen LogP contribution in [0.5, 0.6) is 11.5 Å².